The number of rotatable bonds is 56. The average molecular weight is 1110 g/mol. The highest BCUT2D eigenvalue weighted by atomic mass is 16.6. The molecule has 0 aromatic carbocycles. The maximum absolute atomic E-state index is 12.8. The van der Waals surface area contributed by atoms with Gasteiger partial charge in [0.1, 0.15) is 13.2 Å². The zero-order valence-electron chi connectivity index (χ0n) is 51.7. The lowest BCUT2D eigenvalue weighted by atomic mass is 10.1. The highest BCUT2D eigenvalue weighted by molar-refractivity contribution is 5.71. The van der Waals surface area contributed by atoms with Gasteiger partial charge >= 0.3 is 17.9 Å². The first-order chi connectivity index (χ1) is 40.0. The second-order valence-electron chi connectivity index (χ2n) is 20.6. The first-order valence-electron chi connectivity index (χ1n) is 32.3. The fourth-order valence-electron chi connectivity index (χ4n) is 8.14. The van der Waals surface area contributed by atoms with Crippen LogP contribution in [-0.2, 0) is 28.6 Å². The molecule has 81 heavy (non-hydrogen) atoms. The van der Waals surface area contributed by atoms with E-state index in [0.29, 0.717) is 19.3 Å². The molecule has 0 aromatic heterocycles. The molecule has 452 valence electrons. The molecular formula is C75H116O6. The van der Waals surface area contributed by atoms with Gasteiger partial charge in [-0.15, -0.1) is 0 Å². The molecule has 1 unspecified atom stereocenters. The lowest BCUT2D eigenvalue weighted by Gasteiger charge is -2.18. The van der Waals surface area contributed by atoms with Crippen molar-refractivity contribution >= 4 is 17.9 Å². The molecule has 0 bridgehead atoms. The third-order valence-corrected chi connectivity index (χ3v) is 12.9. The van der Waals surface area contributed by atoms with E-state index in [1.807, 2.05) is 0 Å². The molecule has 0 radical (unpaired) electrons. The lowest BCUT2D eigenvalue weighted by molar-refractivity contribution is -0.167. The van der Waals surface area contributed by atoms with Crippen LogP contribution in [-0.4, -0.2) is 37.2 Å². The molecule has 0 saturated heterocycles. The van der Waals surface area contributed by atoms with Gasteiger partial charge in [0, 0.05) is 19.3 Å². The summed E-state index contributed by atoms with van der Waals surface area (Å²) in [6.07, 6.45) is 101. The van der Waals surface area contributed by atoms with Gasteiger partial charge < -0.3 is 14.2 Å². The summed E-state index contributed by atoms with van der Waals surface area (Å²) in [5.74, 6) is -0.967. The van der Waals surface area contributed by atoms with Crippen LogP contribution in [0.2, 0.25) is 0 Å². The lowest BCUT2D eigenvalue weighted by Crippen LogP contribution is -2.30. The van der Waals surface area contributed by atoms with Crippen molar-refractivity contribution in [2.24, 2.45) is 0 Å². The van der Waals surface area contributed by atoms with Crippen LogP contribution in [0.15, 0.2) is 182 Å². The van der Waals surface area contributed by atoms with E-state index in [1.165, 1.54) is 32.1 Å². The van der Waals surface area contributed by atoms with Crippen molar-refractivity contribution in [3.8, 4) is 0 Å². The number of esters is 3. The topological polar surface area (TPSA) is 78.9 Å². The number of carbonyl (C=O) groups excluding carboxylic acids is 3. The Morgan fingerprint density at radius 1 is 0.259 bits per heavy atom. The molecule has 0 aliphatic carbocycles. The maximum Gasteiger partial charge on any atom is 0.306 e. The molecular weight excluding hydrogens is 997 g/mol. The second kappa shape index (κ2) is 67.0. The van der Waals surface area contributed by atoms with Crippen LogP contribution in [0.5, 0.6) is 0 Å². The molecule has 0 N–H and O–H groups in total. The highest BCUT2D eigenvalue weighted by Gasteiger charge is 2.19. The van der Waals surface area contributed by atoms with E-state index in [4.69, 9.17) is 14.2 Å². The monoisotopic (exact) mass is 1110 g/mol. The van der Waals surface area contributed by atoms with Crippen LogP contribution in [0.4, 0.5) is 0 Å². The number of hydrogen-bond donors (Lipinski definition) is 0. The minimum absolute atomic E-state index is 0.103. The van der Waals surface area contributed by atoms with Crippen LogP contribution >= 0.6 is 0 Å². The fourth-order valence-corrected chi connectivity index (χ4v) is 8.14. The first-order valence-corrected chi connectivity index (χ1v) is 32.3. The molecule has 0 aromatic rings. The Morgan fingerprint density at radius 3 is 0.765 bits per heavy atom. The zero-order valence-corrected chi connectivity index (χ0v) is 51.7. The van der Waals surface area contributed by atoms with Crippen LogP contribution in [0.3, 0.4) is 0 Å². The Hall–Kier alpha value is -5.49. The summed E-state index contributed by atoms with van der Waals surface area (Å²) in [5.41, 5.74) is 0. The van der Waals surface area contributed by atoms with Crippen molar-refractivity contribution in [1.82, 2.24) is 0 Å². The van der Waals surface area contributed by atoms with E-state index >= 15 is 0 Å². The van der Waals surface area contributed by atoms with E-state index in [9.17, 15) is 14.4 Å². The van der Waals surface area contributed by atoms with Crippen LogP contribution in [0.1, 0.15) is 252 Å². The predicted molar refractivity (Wildman–Crippen MR) is 352 cm³/mol. The number of allylic oxidation sites excluding steroid dienone is 30. The van der Waals surface area contributed by atoms with Gasteiger partial charge in [-0.05, 0) is 141 Å². The van der Waals surface area contributed by atoms with Gasteiger partial charge in [-0.25, -0.2) is 0 Å². The number of hydrogen-bond acceptors (Lipinski definition) is 6. The summed E-state index contributed by atoms with van der Waals surface area (Å²) in [5, 5.41) is 0. The third-order valence-electron chi connectivity index (χ3n) is 12.9. The summed E-state index contributed by atoms with van der Waals surface area (Å²) >= 11 is 0. The van der Waals surface area contributed by atoms with Crippen LogP contribution in [0, 0.1) is 0 Å². The molecule has 0 heterocycles. The Labute approximate surface area is 497 Å². The Balaban J connectivity index is 4.18. The van der Waals surface area contributed by atoms with E-state index in [2.05, 4.69) is 203 Å². The summed E-state index contributed by atoms with van der Waals surface area (Å²) < 4.78 is 16.7. The van der Waals surface area contributed by atoms with E-state index < -0.39 is 6.10 Å². The van der Waals surface area contributed by atoms with Gasteiger partial charge in [0.2, 0.25) is 0 Å². The smallest absolute Gasteiger partial charge is 0.306 e. The normalized spacial score (nSPS) is 13.4. The molecule has 0 fully saturated rings. The minimum Gasteiger partial charge on any atom is -0.462 e. The fraction of sp³-hybridized carbons (Fsp3) is 0.560. The van der Waals surface area contributed by atoms with E-state index in [0.717, 1.165) is 173 Å². The van der Waals surface area contributed by atoms with Crippen molar-refractivity contribution in [3.05, 3.63) is 182 Å². The van der Waals surface area contributed by atoms with Crippen molar-refractivity contribution in [1.29, 1.82) is 0 Å². The van der Waals surface area contributed by atoms with Gasteiger partial charge in [0.05, 0.1) is 0 Å². The molecule has 0 rings (SSSR count). The summed E-state index contributed by atoms with van der Waals surface area (Å²) in [6.45, 7) is 6.28. The Bertz CT molecular complexity index is 1900. The maximum atomic E-state index is 12.8. The largest absolute Gasteiger partial charge is 0.462 e. The van der Waals surface area contributed by atoms with Gasteiger partial charge in [0.15, 0.2) is 6.10 Å². The Kier molecular flexibility index (Phi) is 62.5. The summed E-state index contributed by atoms with van der Waals surface area (Å²) in [4.78, 5) is 37.9. The predicted octanol–water partition coefficient (Wildman–Crippen LogP) is 22.4. The number of unbranched alkanes of at least 4 members (excludes halogenated alkanes) is 15. The molecule has 0 spiro atoms. The number of ether oxygens (including phenoxy) is 3. The van der Waals surface area contributed by atoms with Crippen molar-refractivity contribution in [3.63, 3.8) is 0 Å². The van der Waals surface area contributed by atoms with Crippen molar-refractivity contribution < 1.29 is 28.6 Å². The van der Waals surface area contributed by atoms with Gasteiger partial charge in [0.25, 0.3) is 0 Å². The average Bonchev–Trinajstić information content (AvgIpc) is 3.47. The first kappa shape index (κ1) is 75.5. The van der Waals surface area contributed by atoms with Crippen molar-refractivity contribution in [2.45, 2.75) is 258 Å². The minimum atomic E-state index is -0.806. The Morgan fingerprint density at radius 2 is 0.481 bits per heavy atom. The van der Waals surface area contributed by atoms with Crippen molar-refractivity contribution in [2.75, 3.05) is 13.2 Å². The van der Waals surface area contributed by atoms with E-state index in [1.54, 1.807) is 0 Å². The molecule has 0 aliphatic heterocycles. The highest BCUT2D eigenvalue weighted by Crippen LogP contribution is 2.13. The standard InChI is InChI=1S/C75H116O6/c1-4-7-10-13-15-17-19-21-23-25-27-29-31-33-34-35-36-37-38-39-40-42-43-45-47-49-51-53-55-57-59-62-65-68-74(77)80-71-72(70-79-73(76)67-64-61-12-9-6-3)81-75(78)69-66-63-60-58-56-54-52-50-48-46-44-41-32-30-28-26-24-22-20-18-16-14-11-8-5-2/h7-8,10-11,15-18,21-24,27-30,33-34,36-37,39-41,43-45,48,50,54,56,72H,4-6,9,12-14,19-20,25-26,31-32,35,38,42,46-47,49,51-53,55,57-71H2,1-3H3/b10-7-,11-8-,17-15-,18-16-,23-21-,24-22-,29-27-,30-28-,34-33-,37-36-,40-39-,44-41-,45-43-,50-48-,56-54-. The van der Waals surface area contributed by atoms with Crippen LogP contribution < -0.4 is 0 Å². The third kappa shape index (κ3) is 65.2. The summed E-state index contributed by atoms with van der Waals surface area (Å²) in [7, 11) is 0. The quantitative estimate of drug-likeness (QED) is 0.0261. The second-order valence-corrected chi connectivity index (χ2v) is 20.6. The molecule has 0 amide bonds. The molecule has 0 saturated carbocycles. The molecule has 0 aliphatic rings. The zero-order chi connectivity index (χ0) is 58.5. The number of carbonyl (C=O) groups is 3. The van der Waals surface area contributed by atoms with Gasteiger partial charge in [-0.1, -0.05) is 274 Å². The molecule has 6 heteroatoms. The summed E-state index contributed by atoms with van der Waals surface area (Å²) in [6, 6.07) is 0. The SMILES string of the molecule is CC/C=C\C/C=C\C/C=C\C/C=C\C/C=C\C/C=C\C/C=C\C/C=C\CCCCCCCCCCC(=O)OCC(COC(=O)CCCCCCC)OC(=O)CCCCC/C=C\C/C=C\C/C=C\C/C=C\C/C=C\C/C=C\C/C=C\CC. The molecule has 6 nitrogen and oxygen atoms in total. The van der Waals surface area contributed by atoms with Crippen LogP contribution in [0.25, 0.3) is 0 Å². The van der Waals surface area contributed by atoms with E-state index in [-0.39, 0.29) is 37.5 Å². The van der Waals surface area contributed by atoms with Gasteiger partial charge in [-0.3, -0.25) is 14.4 Å². The van der Waals surface area contributed by atoms with Gasteiger partial charge in [-0.2, -0.15) is 0 Å². The molecule has 1 atom stereocenters.